The summed E-state index contributed by atoms with van der Waals surface area (Å²) in [5.74, 6) is -0.233. The van der Waals surface area contributed by atoms with Gasteiger partial charge in [0, 0.05) is 6.20 Å². The van der Waals surface area contributed by atoms with Gasteiger partial charge in [-0.3, -0.25) is 9.09 Å². The van der Waals surface area contributed by atoms with Crippen LogP contribution in [-0.2, 0) is 31.6 Å². The van der Waals surface area contributed by atoms with Gasteiger partial charge >= 0.3 is 29.2 Å². The second kappa shape index (κ2) is 10.9. The third-order valence-electron chi connectivity index (χ3n) is 3.59. The first-order chi connectivity index (χ1) is 14.5. The van der Waals surface area contributed by atoms with Crippen molar-refractivity contribution in [3.63, 3.8) is 0 Å². The second-order valence-corrected chi connectivity index (χ2v) is 10.3. The van der Waals surface area contributed by atoms with Gasteiger partial charge in [0.05, 0.1) is 6.61 Å². The summed E-state index contributed by atoms with van der Waals surface area (Å²) >= 11 is 0. The Bertz CT molecular complexity index is 987. The molecule has 0 radical (unpaired) electrons. The van der Waals surface area contributed by atoms with Crippen LogP contribution >= 0.6 is 23.5 Å². The molecule has 186 valence electrons. The average molecular weight is 533 g/mol. The molecule has 2 unspecified atom stereocenters. The van der Waals surface area contributed by atoms with E-state index in [0.717, 1.165) is 19.2 Å². The summed E-state index contributed by atoms with van der Waals surface area (Å²) in [5, 5.41) is 9.49. The SMILES string of the molecule is CC[C@](COP(=O)(O)OP(=O)(O)OP(=O)(O)O)(O[C@H](CF)n1ccc(N)nc1=O)[C@@H](O)F. The van der Waals surface area contributed by atoms with Crippen LogP contribution in [-0.4, -0.2) is 59.5 Å². The molecule has 21 heteroatoms. The summed E-state index contributed by atoms with van der Waals surface area (Å²) < 4.78 is 78.2. The van der Waals surface area contributed by atoms with Crippen molar-refractivity contribution in [3.8, 4) is 0 Å². The van der Waals surface area contributed by atoms with E-state index < -0.39 is 67.0 Å². The Balaban J connectivity index is 3.11. The monoisotopic (exact) mass is 533 g/mol. The summed E-state index contributed by atoms with van der Waals surface area (Å²) in [6.07, 6.45) is -4.63. The lowest BCUT2D eigenvalue weighted by Crippen LogP contribution is -2.49. The molecule has 32 heavy (non-hydrogen) atoms. The Morgan fingerprint density at radius 2 is 1.81 bits per heavy atom. The molecule has 0 saturated heterocycles. The molecule has 0 aliphatic carbocycles. The molecular weight excluding hydrogens is 513 g/mol. The van der Waals surface area contributed by atoms with Crippen molar-refractivity contribution in [2.45, 2.75) is 31.5 Å². The van der Waals surface area contributed by atoms with E-state index in [0.29, 0.717) is 4.57 Å². The van der Waals surface area contributed by atoms with Crippen LogP contribution in [0.1, 0.15) is 19.6 Å². The van der Waals surface area contributed by atoms with Crippen LogP contribution in [0.5, 0.6) is 0 Å². The third kappa shape index (κ3) is 8.67. The molecule has 1 heterocycles. The first kappa shape index (κ1) is 28.9. The number of ether oxygens (including phenoxy) is 1. The number of aliphatic hydroxyl groups is 1. The van der Waals surface area contributed by atoms with Crippen molar-refractivity contribution >= 4 is 29.3 Å². The number of nitrogen functional groups attached to an aromatic ring is 1. The number of nitrogens with two attached hydrogens (primary N) is 1. The molecule has 1 aromatic rings. The van der Waals surface area contributed by atoms with Gasteiger partial charge in [0.1, 0.15) is 18.1 Å². The van der Waals surface area contributed by atoms with Crippen molar-refractivity contribution in [1.82, 2.24) is 9.55 Å². The van der Waals surface area contributed by atoms with Crippen LogP contribution in [0.15, 0.2) is 17.1 Å². The zero-order valence-corrected chi connectivity index (χ0v) is 18.7. The largest absolute Gasteiger partial charge is 0.490 e. The van der Waals surface area contributed by atoms with Gasteiger partial charge in [0.15, 0.2) is 6.23 Å². The predicted octanol–water partition coefficient (Wildman–Crippen LogP) is 0.0902. The van der Waals surface area contributed by atoms with Crippen LogP contribution in [0.2, 0.25) is 0 Å². The quantitative estimate of drug-likeness (QED) is 0.184. The number of aromatic nitrogens is 2. The number of phosphoric acid groups is 3. The number of rotatable bonds is 13. The van der Waals surface area contributed by atoms with Gasteiger partial charge in [-0.2, -0.15) is 13.6 Å². The minimum absolute atomic E-state index is 0.233. The molecule has 0 aliphatic rings. The van der Waals surface area contributed by atoms with Gasteiger partial charge < -0.3 is 35.2 Å². The maximum atomic E-state index is 14.0. The summed E-state index contributed by atoms with van der Waals surface area (Å²) in [7, 11) is -17.2. The Labute approximate surface area is 178 Å². The molecule has 7 N–H and O–H groups in total. The van der Waals surface area contributed by atoms with Crippen LogP contribution in [0.3, 0.4) is 0 Å². The fraction of sp³-hybridized carbons (Fsp3) is 0.636. The van der Waals surface area contributed by atoms with Gasteiger partial charge in [0.2, 0.25) is 6.36 Å². The first-order valence-corrected chi connectivity index (χ1v) is 12.7. The van der Waals surface area contributed by atoms with Crippen molar-refractivity contribution in [2.24, 2.45) is 0 Å². The van der Waals surface area contributed by atoms with E-state index >= 15 is 0 Å². The maximum absolute atomic E-state index is 14.0. The van der Waals surface area contributed by atoms with Crippen LogP contribution in [0.4, 0.5) is 14.6 Å². The average Bonchev–Trinajstić information content (AvgIpc) is 2.59. The molecule has 0 aliphatic heterocycles. The van der Waals surface area contributed by atoms with E-state index in [1.165, 1.54) is 0 Å². The lowest BCUT2D eigenvalue weighted by atomic mass is 10.0. The fourth-order valence-electron chi connectivity index (χ4n) is 2.09. The van der Waals surface area contributed by atoms with Gasteiger partial charge in [-0.15, -0.1) is 0 Å². The summed E-state index contributed by atoms with van der Waals surface area (Å²) in [4.78, 5) is 50.8. The number of phosphoric ester groups is 1. The standard InChI is InChI=1S/C11H20F2N3O13P3/c1-2-11(9(13)17,27-8(5-12)16-4-3-7(14)15-10(16)18)6-26-31(22,23)29-32(24,25)28-30(19,20)21/h3-4,8-9,17H,2,5-6H2,1H3,(H,22,23)(H,24,25)(H2,14,15,18)(H2,19,20,21)/t8-,9-,11-/m1/s1. The molecule has 0 spiro atoms. The first-order valence-electron chi connectivity index (χ1n) is 8.15. The molecule has 5 atom stereocenters. The lowest BCUT2D eigenvalue weighted by molar-refractivity contribution is -0.232. The molecule has 0 saturated carbocycles. The minimum atomic E-state index is -5.87. The number of hydrogen-bond acceptors (Lipinski definition) is 11. The van der Waals surface area contributed by atoms with Crippen LogP contribution in [0, 0.1) is 0 Å². The van der Waals surface area contributed by atoms with E-state index in [4.69, 9.17) is 25.2 Å². The van der Waals surface area contributed by atoms with Crippen molar-refractivity contribution < 1.29 is 65.0 Å². The number of nitrogens with zero attached hydrogens (tertiary/aromatic N) is 2. The molecule has 0 aromatic carbocycles. The van der Waals surface area contributed by atoms with Crippen molar-refractivity contribution in [2.75, 3.05) is 19.0 Å². The lowest BCUT2D eigenvalue weighted by Gasteiger charge is -2.36. The minimum Gasteiger partial charge on any atom is -0.383 e. The Kier molecular flexibility index (Phi) is 9.81. The Morgan fingerprint density at radius 1 is 1.22 bits per heavy atom. The van der Waals surface area contributed by atoms with Gasteiger partial charge in [0.25, 0.3) is 0 Å². The summed E-state index contributed by atoms with van der Waals surface area (Å²) in [5.41, 5.74) is 1.52. The smallest absolute Gasteiger partial charge is 0.383 e. The number of anilines is 1. The highest BCUT2D eigenvalue weighted by molar-refractivity contribution is 7.66. The molecule has 16 nitrogen and oxygen atoms in total. The zero-order chi connectivity index (χ0) is 25.0. The predicted molar refractivity (Wildman–Crippen MR) is 99.0 cm³/mol. The highest BCUT2D eigenvalue weighted by atomic mass is 31.3. The summed E-state index contributed by atoms with van der Waals surface area (Å²) in [6.45, 7) is -1.78. The van der Waals surface area contributed by atoms with Crippen molar-refractivity contribution in [3.05, 3.63) is 22.7 Å². The van der Waals surface area contributed by atoms with Gasteiger partial charge in [-0.05, 0) is 12.5 Å². The molecule has 0 fully saturated rings. The Hall–Kier alpha value is -1.13. The molecule has 0 amide bonds. The normalized spacial score (nSPS) is 20.0. The molecule has 1 rings (SSSR count). The maximum Gasteiger partial charge on any atom is 0.490 e. The van der Waals surface area contributed by atoms with E-state index in [1.807, 2.05) is 0 Å². The fourth-order valence-corrected chi connectivity index (χ4v) is 5.16. The Morgan fingerprint density at radius 3 is 2.25 bits per heavy atom. The molecular formula is C11H20F2N3O13P3. The molecule has 1 aromatic heterocycles. The van der Waals surface area contributed by atoms with Crippen LogP contribution in [0.25, 0.3) is 0 Å². The number of alkyl halides is 2. The van der Waals surface area contributed by atoms with E-state index in [9.17, 15) is 37.3 Å². The van der Waals surface area contributed by atoms with E-state index in [1.54, 1.807) is 0 Å². The highest BCUT2D eigenvalue weighted by Crippen LogP contribution is 2.66. The number of aliphatic hydroxyl groups excluding tert-OH is 1. The van der Waals surface area contributed by atoms with E-state index in [-0.39, 0.29) is 5.82 Å². The second-order valence-electron chi connectivity index (χ2n) is 5.89. The molecule has 0 bridgehead atoms. The number of halogens is 2. The number of hydrogen-bond donors (Lipinski definition) is 6. The van der Waals surface area contributed by atoms with E-state index in [2.05, 4.69) is 18.1 Å². The van der Waals surface area contributed by atoms with Gasteiger partial charge in [-0.1, -0.05) is 6.92 Å². The van der Waals surface area contributed by atoms with Crippen molar-refractivity contribution in [1.29, 1.82) is 0 Å². The topological polar surface area (TPSA) is 250 Å². The highest BCUT2D eigenvalue weighted by Gasteiger charge is 2.46. The zero-order valence-electron chi connectivity index (χ0n) is 16.0. The van der Waals surface area contributed by atoms with Gasteiger partial charge in [-0.25, -0.2) is 27.3 Å². The summed E-state index contributed by atoms with van der Waals surface area (Å²) in [6, 6.07) is 1.07. The van der Waals surface area contributed by atoms with Crippen LogP contribution < -0.4 is 11.4 Å². The third-order valence-corrected chi connectivity index (χ3v) is 7.37.